The molecule has 0 radical (unpaired) electrons. The fraction of sp³-hybridized carbons (Fsp3) is 0.278. The highest BCUT2D eigenvalue weighted by Gasteiger charge is 2.12. The summed E-state index contributed by atoms with van der Waals surface area (Å²) >= 11 is 0. The fourth-order valence-electron chi connectivity index (χ4n) is 2.57. The van der Waals surface area contributed by atoms with Gasteiger partial charge in [-0.05, 0) is 56.2 Å². The van der Waals surface area contributed by atoms with Gasteiger partial charge in [0.25, 0.3) is 0 Å². The molecule has 0 amide bonds. The third-order valence-corrected chi connectivity index (χ3v) is 3.97. The normalized spacial score (nSPS) is 12.7. The molecule has 3 heteroatoms. The van der Waals surface area contributed by atoms with Crippen molar-refractivity contribution in [3.63, 3.8) is 0 Å². The Kier molecular flexibility index (Phi) is 3.76. The Bertz CT molecular complexity index is 747. The van der Waals surface area contributed by atoms with Gasteiger partial charge in [0.2, 0.25) is 0 Å². The van der Waals surface area contributed by atoms with Crippen molar-refractivity contribution in [2.24, 2.45) is 0 Å². The van der Waals surface area contributed by atoms with Gasteiger partial charge in [-0.25, -0.2) is 0 Å². The molecule has 0 spiro atoms. The van der Waals surface area contributed by atoms with Crippen LogP contribution in [0.5, 0.6) is 0 Å². The maximum atomic E-state index is 5.97. The number of furan rings is 1. The largest absolute Gasteiger partial charge is 0.459 e. The molecule has 2 aromatic heterocycles. The van der Waals surface area contributed by atoms with Gasteiger partial charge in [0.1, 0.15) is 11.3 Å². The van der Waals surface area contributed by atoms with E-state index in [1.165, 1.54) is 22.1 Å². The minimum atomic E-state index is 0.266. The number of aromatic nitrogens is 1. The Labute approximate surface area is 125 Å². The highest BCUT2D eigenvalue weighted by molar-refractivity contribution is 5.82. The van der Waals surface area contributed by atoms with E-state index in [9.17, 15) is 0 Å². The Morgan fingerprint density at radius 2 is 1.90 bits per heavy atom. The third kappa shape index (κ3) is 2.83. The van der Waals surface area contributed by atoms with Crippen LogP contribution < -0.4 is 5.32 Å². The van der Waals surface area contributed by atoms with E-state index >= 15 is 0 Å². The molecule has 0 saturated carbocycles. The second-order valence-corrected chi connectivity index (χ2v) is 5.53. The Balaban J connectivity index is 1.78. The van der Waals surface area contributed by atoms with Crippen molar-refractivity contribution in [2.75, 3.05) is 0 Å². The number of benzene rings is 1. The minimum absolute atomic E-state index is 0.266. The number of pyridine rings is 1. The van der Waals surface area contributed by atoms with Crippen molar-refractivity contribution < 1.29 is 4.42 Å². The van der Waals surface area contributed by atoms with Crippen LogP contribution in [0.1, 0.15) is 35.4 Å². The summed E-state index contributed by atoms with van der Waals surface area (Å²) in [6.07, 6.45) is 3.64. The lowest BCUT2D eigenvalue weighted by Gasteiger charge is -2.13. The van der Waals surface area contributed by atoms with Gasteiger partial charge in [-0.1, -0.05) is 11.6 Å². The quantitative estimate of drug-likeness (QED) is 0.774. The maximum absolute atomic E-state index is 5.97. The van der Waals surface area contributed by atoms with Gasteiger partial charge in [0, 0.05) is 23.8 Å². The SMILES string of the molecule is Cc1ccc2oc(CNC(C)c3ccncc3)c(C)c2c1. The second kappa shape index (κ2) is 5.70. The number of aryl methyl sites for hydroxylation is 2. The van der Waals surface area contributed by atoms with E-state index in [0.717, 1.165) is 17.9 Å². The molecule has 3 aromatic rings. The van der Waals surface area contributed by atoms with Crippen LogP contribution >= 0.6 is 0 Å². The predicted octanol–water partition coefficient (Wildman–Crippen LogP) is 4.30. The zero-order valence-corrected chi connectivity index (χ0v) is 12.7. The number of nitrogens with one attached hydrogen (secondary N) is 1. The first-order valence-electron chi connectivity index (χ1n) is 7.27. The van der Waals surface area contributed by atoms with E-state index in [4.69, 9.17) is 4.42 Å². The van der Waals surface area contributed by atoms with Gasteiger partial charge >= 0.3 is 0 Å². The maximum Gasteiger partial charge on any atom is 0.134 e. The van der Waals surface area contributed by atoms with Crippen molar-refractivity contribution >= 4 is 11.0 Å². The number of hydrogen-bond acceptors (Lipinski definition) is 3. The predicted molar refractivity (Wildman–Crippen MR) is 85.2 cm³/mol. The molecule has 2 heterocycles. The number of rotatable bonds is 4. The van der Waals surface area contributed by atoms with Gasteiger partial charge in [0.05, 0.1) is 6.54 Å². The van der Waals surface area contributed by atoms with Crippen LogP contribution in [0.15, 0.2) is 47.1 Å². The molecule has 0 saturated heterocycles. The highest BCUT2D eigenvalue weighted by Crippen LogP contribution is 2.26. The summed E-state index contributed by atoms with van der Waals surface area (Å²) in [5.74, 6) is 1.01. The molecule has 3 nitrogen and oxygen atoms in total. The fourth-order valence-corrected chi connectivity index (χ4v) is 2.57. The standard InChI is InChI=1S/C18H20N2O/c1-12-4-5-17-16(10-12)13(2)18(21-17)11-20-14(3)15-6-8-19-9-7-15/h4-10,14,20H,11H2,1-3H3. The van der Waals surface area contributed by atoms with Gasteiger partial charge in [-0.15, -0.1) is 0 Å². The third-order valence-electron chi connectivity index (χ3n) is 3.97. The Morgan fingerprint density at radius 3 is 2.67 bits per heavy atom. The molecule has 0 bridgehead atoms. The highest BCUT2D eigenvalue weighted by atomic mass is 16.3. The van der Waals surface area contributed by atoms with E-state index < -0.39 is 0 Å². The molecule has 21 heavy (non-hydrogen) atoms. The van der Waals surface area contributed by atoms with Gasteiger partial charge in [0.15, 0.2) is 0 Å². The number of fused-ring (bicyclic) bond motifs is 1. The molecule has 1 unspecified atom stereocenters. The minimum Gasteiger partial charge on any atom is -0.459 e. The summed E-state index contributed by atoms with van der Waals surface area (Å²) in [5.41, 5.74) is 4.68. The lowest BCUT2D eigenvalue weighted by molar-refractivity contribution is 0.479. The van der Waals surface area contributed by atoms with E-state index in [0.29, 0.717) is 0 Å². The van der Waals surface area contributed by atoms with Crippen LogP contribution in [0.25, 0.3) is 11.0 Å². The van der Waals surface area contributed by atoms with E-state index in [2.05, 4.69) is 43.2 Å². The zero-order chi connectivity index (χ0) is 14.8. The average Bonchev–Trinajstić information content (AvgIpc) is 2.82. The van der Waals surface area contributed by atoms with Crippen molar-refractivity contribution in [3.8, 4) is 0 Å². The molecule has 1 aromatic carbocycles. The summed E-state index contributed by atoms with van der Waals surface area (Å²) in [5, 5.41) is 4.72. The molecule has 108 valence electrons. The molecule has 0 fully saturated rings. The van der Waals surface area contributed by atoms with Crippen molar-refractivity contribution in [3.05, 3.63) is 65.2 Å². The summed E-state index contributed by atoms with van der Waals surface area (Å²) in [6.45, 7) is 7.11. The molecular formula is C18H20N2O. The summed E-state index contributed by atoms with van der Waals surface area (Å²) in [7, 11) is 0. The van der Waals surface area contributed by atoms with Crippen molar-refractivity contribution in [2.45, 2.75) is 33.4 Å². The smallest absolute Gasteiger partial charge is 0.134 e. The first-order valence-corrected chi connectivity index (χ1v) is 7.27. The monoisotopic (exact) mass is 280 g/mol. The van der Waals surface area contributed by atoms with Crippen LogP contribution in [0, 0.1) is 13.8 Å². The first-order chi connectivity index (χ1) is 10.1. The summed E-state index contributed by atoms with van der Waals surface area (Å²) in [4.78, 5) is 4.05. The number of hydrogen-bond donors (Lipinski definition) is 1. The van der Waals surface area contributed by atoms with Gasteiger partial charge < -0.3 is 9.73 Å². The topological polar surface area (TPSA) is 38.1 Å². The van der Waals surface area contributed by atoms with Crippen LogP contribution in [0.3, 0.4) is 0 Å². The number of nitrogens with zero attached hydrogens (tertiary/aromatic N) is 1. The van der Waals surface area contributed by atoms with Crippen LogP contribution in [-0.2, 0) is 6.54 Å². The molecular weight excluding hydrogens is 260 g/mol. The summed E-state index contributed by atoms with van der Waals surface area (Å²) < 4.78 is 5.97. The molecule has 1 N–H and O–H groups in total. The molecule has 0 aliphatic heterocycles. The first kappa shape index (κ1) is 13.8. The zero-order valence-electron chi connectivity index (χ0n) is 12.7. The van der Waals surface area contributed by atoms with Crippen LogP contribution in [-0.4, -0.2) is 4.98 Å². The van der Waals surface area contributed by atoms with E-state index in [1.807, 2.05) is 30.6 Å². The van der Waals surface area contributed by atoms with Crippen LogP contribution in [0.2, 0.25) is 0 Å². The average molecular weight is 280 g/mol. The molecule has 0 aliphatic rings. The van der Waals surface area contributed by atoms with E-state index in [-0.39, 0.29) is 6.04 Å². The van der Waals surface area contributed by atoms with Crippen LogP contribution in [0.4, 0.5) is 0 Å². The molecule has 3 rings (SSSR count). The van der Waals surface area contributed by atoms with Crippen molar-refractivity contribution in [1.29, 1.82) is 0 Å². The van der Waals surface area contributed by atoms with Gasteiger partial charge in [-0.3, -0.25) is 4.98 Å². The lowest BCUT2D eigenvalue weighted by atomic mass is 10.1. The Morgan fingerprint density at radius 1 is 1.14 bits per heavy atom. The van der Waals surface area contributed by atoms with Crippen molar-refractivity contribution in [1.82, 2.24) is 10.3 Å². The lowest BCUT2D eigenvalue weighted by Crippen LogP contribution is -2.18. The summed E-state index contributed by atoms with van der Waals surface area (Å²) in [6, 6.07) is 10.7. The second-order valence-electron chi connectivity index (χ2n) is 5.53. The van der Waals surface area contributed by atoms with E-state index in [1.54, 1.807) is 0 Å². The molecule has 0 aliphatic carbocycles. The van der Waals surface area contributed by atoms with Gasteiger partial charge in [-0.2, -0.15) is 0 Å². The molecule has 1 atom stereocenters. The Hall–Kier alpha value is -2.13.